The number of pyridine rings is 1. The van der Waals surface area contributed by atoms with E-state index in [9.17, 15) is 4.79 Å². The van der Waals surface area contributed by atoms with Crippen molar-refractivity contribution in [3.63, 3.8) is 0 Å². The molecule has 1 saturated heterocycles. The number of benzene rings is 2. The summed E-state index contributed by atoms with van der Waals surface area (Å²) in [6.45, 7) is 13.2. The molecule has 0 radical (unpaired) electrons. The third kappa shape index (κ3) is 7.22. The molecule has 1 aliphatic carbocycles. The van der Waals surface area contributed by atoms with Crippen LogP contribution < -0.4 is 24.6 Å². The van der Waals surface area contributed by atoms with Crippen LogP contribution in [0.2, 0.25) is 0 Å². The molecule has 1 saturated carbocycles. The second-order valence-electron chi connectivity index (χ2n) is 14.2. The van der Waals surface area contributed by atoms with Crippen molar-refractivity contribution in [2.75, 3.05) is 44.2 Å². The van der Waals surface area contributed by atoms with E-state index >= 15 is 0 Å². The number of nitrogens with zero attached hydrogens (tertiary/aromatic N) is 5. The molecule has 256 valence electrons. The van der Waals surface area contributed by atoms with E-state index in [1.807, 2.05) is 38.2 Å². The van der Waals surface area contributed by atoms with Crippen molar-refractivity contribution in [2.45, 2.75) is 84.0 Å². The van der Waals surface area contributed by atoms with Gasteiger partial charge >= 0.3 is 6.03 Å². The van der Waals surface area contributed by atoms with Gasteiger partial charge in [0.2, 0.25) is 0 Å². The Kier molecular flexibility index (Phi) is 9.28. The molecule has 6 rings (SSSR count). The maximum absolute atomic E-state index is 13.6. The summed E-state index contributed by atoms with van der Waals surface area (Å²) in [6, 6.07) is 15.9. The van der Waals surface area contributed by atoms with E-state index in [2.05, 4.69) is 72.1 Å². The van der Waals surface area contributed by atoms with Gasteiger partial charge in [0, 0.05) is 49.7 Å². The minimum absolute atomic E-state index is 0.0653. The van der Waals surface area contributed by atoms with Gasteiger partial charge in [-0.15, -0.1) is 0 Å². The molecule has 48 heavy (non-hydrogen) atoms. The van der Waals surface area contributed by atoms with E-state index in [4.69, 9.17) is 23.9 Å². The molecule has 0 bridgehead atoms. The Morgan fingerprint density at radius 2 is 1.81 bits per heavy atom. The van der Waals surface area contributed by atoms with Crippen molar-refractivity contribution in [3.8, 4) is 11.5 Å². The van der Waals surface area contributed by atoms with E-state index in [-0.39, 0.29) is 29.4 Å². The maximum atomic E-state index is 13.6. The Hall–Kier alpha value is -4.35. The number of amides is 1. The van der Waals surface area contributed by atoms with Crippen LogP contribution in [0.25, 0.3) is 11.2 Å². The number of hydrogen-bond acceptors (Lipinski definition) is 9. The summed E-state index contributed by atoms with van der Waals surface area (Å²) in [5, 5.41) is 3.17. The zero-order valence-corrected chi connectivity index (χ0v) is 29.4. The van der Waals surface area contributed by atoms with Crippen molar-refractivity contribution in [3.05, 3.63) is 71.7 Å². The van der Waals surface area contributed by atoms with Gasteiger partial charge in [0.05, 0.1) is 49.9 Å². The summed E-state index contributed by atoms with van der Waals surface area (Å²) in [5.41, 5.74) is 5.63. The Labute approximate surface area is 283 Å². The number of rotatable bonds is 10. The lowest BCUT2D eigenvalue weighted by molar-refractivity contribution is -0.133. The van der Waals surface area contributed by atoms with Gasteiger partial charge in [0.25, 0.3) is 0 Å². The van der Waals surface area contributed by atoms with Crippen LogP contribution >= 0.6 is 0 Å². The normalized spacial score (nSPS) is 19.9. The van der Waals surface area contributed by atoms with Gasteiger partial charge in [-0.3, -0.25) is 0 Å². The molecule has 0 spiro atoms. The number of carbonyl (C=O) groups is 1. The SMILES string of the molecule is COc1ccc(CN(C)c2cc(C)nc3c2ncn3C(=O)N[C@@H]2CC[C@H]2OCc2cccc(N3CC(C)(C)OC(C)(C)C3)c2)c(OC)c1. The van der Waals surface area contributed by atoms with Crippen LogP contribution in [0.4, 0.5) is 16.2 Å². The number of methoxy groups -OCH3 is 2. The monoisotopic (exact) mass is 656 g/mol. The molecule has 2 aromatic carbocycles. The molecule has 11 nitrogen and oxygen atoms in total. The molecular weight excluding hydrogens is 608 g/mol. The summed E-state index contributed by atoms with van der Waals surface area (Å²) < 4.78 is 25.1. The first-order valence-electron chi connectivity index (χ1n) is 16.6. The number of hydrogen-bond donors (Lipinski definition) is 1. The number of ether oxygens (including phenoxy) is 4. The topological polar surface area (TPSA) is 103 Å². The summed E-state index contributed by atoms with van der Waals surface area (Å²) in [6.07, 6.45) is 3.23. The number of aryl methyl sites for hydroxylation is 1. The van der Waals surface area contributed by atoms with Gasteiger partial charge in [-0.25, -0.2) is 19.3 Å². The predicted molar refractivity (Wildman–Crippen MR) is 187 cm³/mol. The van der Waals surface area contributed by atoms with Crippen LogP contribution in [0.15, 0.2) is 54.9 Å². The highest BCUT2D eigenvalue weighted by Gasteiger charge is 2.38. The third-order valence-corrected chi connectivity index (χ3v) is 9.10. The molecule has 4 aromatic rings. The zero-order valence-electron chi connectivity index (χ0n) is 29.4. The highest BCUT2D eigenvalue weighted by molar-refractivity contribution is 5.93. The van der Waals surface area contributed by atoms with Gasteiger partial charge < -0.3 is 34.1 Å². The van der Waals surface area contributed by atoms with E-state index in [1.54, 1.807) is 20.5 Å². The van der Waals surface area contributed by atoms with Gasteiger partial charge in [-0.05, 0) is 83.4 Å². The van der Waals surface area contributed by atoms with Crippen molar-refractivity contribution in [1.82, 2.24) is 19.9 Å². The fourth-order valence-corrected chi connectivity index (χ4v) is 6.94. The molecule has 1 aliphatic heterocycles. The molecule has 2 aromatic heterocycles. The van der Waals surface area contributed by atoms with Crippen molar-refractivity contribution in [2.24, 2.45) is 0 Å². The summed E-state index contributed by atoms with van der Waals surface area (Å²) >= 11 is 0. The lowest BCUT2D eigenvalue weighted by Crippen LogP contribution is -2.57. The standard InChI is InChI=1S/C37H48N6O5/c1-24-16-30(41(6)19-26-12-13-28(45-7)18-32(26)46-8)33-34(39-24)43(23-38-33)35(44)40-29-14-15-31(29)47-20-25-10-9-11-27(17-25)42-21-36(2,3)48-37(4,5)22-42/h9-13,16-18,23,29,31H,14-15,19-22H2,1-8H3,(H,40,44)/t29-,31-/m1/s1. The van der Waals surface area contributed by atoms with Crippen LogP contribution in [-0.4, -0.2) is 78.3 Å². The van der Waals surface area contributed by atoms with Gasteiger partial charge in [-0.1, -0.05) is 12.1 Å². The third-order valence-electron chi connectivity index (χ3n) is 9.10. The molecule has 2 fully saturated rings. The first-order chi connectivity index (χ1) is 22.8. The summed E-state index contributed by atoms with van der Waals surface area (Å²) in [4.78, 5) is 27.4. The number of nitrogens with one attached hydrogen (secondary N) is 1. The van der Waals surface area contributed by atoms with Crippen LogP contribution in [0.5, 0.6) is 11.5 Å². The Morgan fingerprint density at radius 1 is 1.04 bits per heavy atom. The molecule has 1 amide bonds. The average molecular weight is 657 g/mol. The van der Waals surface area contributed by atoms with E-state index in [0.29, 0.717) is 24.3 Å². The first kappa shape index (κ1) is 33.5. The van der Waals surface area contributed by atoms with Crippen molar-refractivity contribution < 1.29 is 23.7 Å². The van der Waals surface area contributed by atoms with E-state index in [1.165, 1.54) is 10.3 Å². The van der Waals surface area contributed by atoms with E-state index < -0.39 is 0 Å². The molecule has 0 unspecified atom stereocenters. The predicted octanol–water partition coefficient (Wildman–Crippen LogP) is 6.09. The number of morpholine rings is 1. The molecule has 11 heteroatoms. The van der Waals surface area contributed by atoms with Crippen molar-refractivity contribution in [1.29, 1.82) is 0 Å². The largest absolute Gasteiger partial charge is 0.497 e. The fraction of sp³-hybridized carbons (Fsp3) is 0.486. The lowest BCUT2D eigenvalue weighted by atomic mass is 9.89. The number of carbonyl (C=O) groups excluding carboxylic acids is 1. The summed E-state index contributed by atoms with van der Waals surface area (Å²) in [7, 11) is 5.27. The number of fused-ring (bicyclic) bond motifs is 1. The Bertz CT molecular complexity index is 1770. The highest BCUT2D eigenvalue weighted by Crippen LogP contribution is 2.33. The average Bonchev–Trinajstić information content (AvgIpc) is 3.45. The molecule has 3 heterocycles. The molecule has 1 N–H and O–H groups in total. The fourth-order valence-electron chi connectivity index (χ4n) is 6.94. The highest BCUT2D eigenvalue weighted by atomic mass is 16.5. The summed E-state index contributed by atoms with van der Waals surface area (Å²) in [5.74, 6) is 1.47. The zero-order chi connectivity index (χ0) is 34.2. The van der Waals surface area contributed by atoms with Crippen molar-refractivity contribution >= 4 is 28.6 Å². The first-order valence-corrected chi connectivity index (χ1v) is 16.6. The minimum Gasteiger partial charge on any atom is -0.497 e. The van der Waals surface area contributed by atoms with Gasteiger partial charge in [0.1, 0.15) is 23.3 Å². The van der Waals surface area contributed by atoms with E-state index in [0.717, 1.165) is 59.9 Å². The molecule has 2 atom stereocenters. The number of imidazole rings is 1. The smallest absolute Gasteiger partial charge is 0.328 e. The minimum atomic E-state index is -0.265. The van der Waals surface area contributed by atoms with Gasteiger partial charge in [-0.2, -0.15) is 0 Å². The second-order valence-corrected chi connectivity index (χ2v) is 14.2. The van der Waals surface area contributed by atoms with Crippen LogP contribution in [-0.2, 0) is 22.6 Å². The van der Waals surface area contributed by atoms with Crippen LogP contribution in [0.3, 0.4) is 0 Å². The molecule has 2 aliphatic rings. The Morgan fingerprint density at radius 3 is 2.50 bits per heavy atom. The second kappa shape index (κ2) is 13.3. The lowest BCUT2D eigenvalue weighted by Gasteiger charge is -2.48. The Balaban J connectivity index is 1.10. The number of aromatic nitrogens is 3. The molecular formula is C37H48N6O5. The van der Waals surface area contributed by atoms with Crippen LogP contribution in [0.1, 0.15) is 57.4 Å². The number of anilines is 2. The quantitative estimate of drug-likeness (QED) is 0.217. The van der Waals surface area contributed by atoms with Gasteiger partial charge in [0.15, 0.2) is 5.65 Å². The maximum Gasteiger partial charge on any atom is 0.328 e. The van der Waals surface area contributed by atoms with Crippen LogP contribution in [0, 0.1) is 6.92 Å².